The number of ether oxygens (including phenoxy) is 1. The Labute approximate surface area is 60.5 Å². The van der Waals surface area contributed by atoms with Crippen LogP contribution in [0, 0.1) is 0 Å². The predicted molar refractivity (Wildman–Crippen MR) is 37.6 cm³/mol. The highest BCUT2D eigenvalue weighted by atomic mass is 19.1. The molecule has 0 aromatic rings. The lowest BCUT2D eigenvalue weighted by molar-refractivity contribution is 0.0479. The third-order valence-electron chi connectivity index (χ3n) is 2.08. The molecule has 0 aromatic heterocycles. The van der Waals surface area contributed by atoms with E-state index in [0.717, 1.165) is 12.8 Å². The van der Waals surface area contributed by atoms with E-state index in [2.05, 4.69) is 0 Å². The summed E-state index contributed by atoms with van der Waals surface area (Å²) in [6.45, 7) is 1.07. The van der Waals surface area contributed by atoms with E-state index in [1.807, 2.05) is 0 Å². The van der Waals surface area contributed by atoms with Crippen molar-refractivity contribution in [2.75, 3.05) is 19.9 Å². The normalized spacial score (nSPS) is 24.6. The van der Waals surface area contributed by atoms with E-state index >= 15 is 0 Å². The van der Waals surface area contributed by atoms with Crippen molar-refractivity contribution in [2.24, 2.45) is 5.73 Å². The lowest BCUT2D eigenvalue weighted by atomic mass is 9.88. The second kappa shape index (κ2) is 3.30. The van der Waals surface area contributed by atoms with Gasteiger partial charge in [-0.1, -0.05) is 0 Å². The zero-order valence-corrected chi connectivity index (χ0v) is 6.11. The second-order valence-corrected chi connectivity index (χ2v) is 2.91. The van der Waals surface area contributed by atoms with Gasteiger partial charge in [-0.05, 0) is 19.3 Å². The Kier molecular flexibility index (Phi) is 2.63. The quantitative estimate of drug-likeness (QED) is 0.628. The monoisotopic (exact) mass is 147 g/mol. The van der Waals surface area contributed by atoms with Crippen molar-refractivity contribution in [1.82, 2.24) is 0 Å². The molecule has 0 bridgehead atoms. The molecule has 0 unspecified atom stereocenters. The van der Waals surface area contributed by atoms with E-state index < -0.39 is 0 Å². The van der Waals surface area contributed by atoms with Crippen LogP contribution in [0.15, 0.2) is 0 Å². The first kappa shape index (κ1) is 7.95. The van der Waals surface area contributed by atoms with Crippen molar-refractivity contribution in [3.8, 4) is 0 Å². The van der Waals surface area contributed by atoms with Crippen LogP contribution in [-0.4, -0.2) is 25.4 Å². The van der Waals surface area contributed by atoms with Gasteiger partial charge in [-0.2, -0.15) is 0 Å². The van der Waals surface area contributed by atoms with Crippen LogP contribution in [0.3, 0.4) is 0 Å². The topological polar surface area (TPSA) is 35.2 Å². The maximum Gasteiger partial charge on any atom is 0.0912 e. The summed E-state index contributed by atoms with van der Waals surface area (Å²) in [7, 11) is 0. The molecular weight excluding hydrogens is 133 g/mol. The summed E-state index contributed by atoms with van der Waals surface area (Å²) in [6, 6.07) is 0. The van der Waals surface area contributed by atoms with Crippen LogP contribution in [0.2, 0.25) is 0 Å². The van der Waals surface area contributed by atoms with Gasteiger partial charge in [0.2, 0.25) is 0 Å². The summed E-state index contributed by atoms with van der Waals surface area (Å²) in [4.78, 5) is 0. The summed E-state index contributed by atoms with van der Waals surface area (Å²) in [5.41, 5.74) is 5.58. The fourth-order valence-corrected chi connectivity index (χ4v) is 1.22. The summed E-state index contributed by atoms with van der Waals surface area (Å²) in [6.07, 6.45) is 2.09. The van der Waals surface area contributed by atoms with E-state index in [9.17, 15) is 4.39 Å². The Morgan fingerprint density at radius 1 is 1.40 bits per heavy atom. The van der Waals surface area contributed by atoms with Crippen molar-refractivity contribution in [2.45, 2.75) is 24.8 Å². The molecule has 2 N–H and O–H groups in total. The molecule has 1 aliphatic heterocycles. The van der Waals surface area contributed by atoms with Crippen molar-refractivity contribution in [3.05, 3.63) is 0 Å². The van der Waals surface area contributed by atoms with Crippen molar-refractivity contribution in [3.63, 3.8) is 0 Å². The van der Waals surface area contributed by atoms with Gasteiger partial charge in [-0.25, -0.2) is 0 Å². The van der Waals surface area contributed by atoms with E-state index in [1.165, 1.54) is 0 Å². The molecule has 1 rings (SSSR count). The summed E-state index contributed by atoms with van der Waals surface area (Å²) < 4.78 is 17.0. The Balaban J connectivity index is 2.32. The van der Waals surface area contributed by atoms with E-state index in [1.54, 1.807) is 0 Å². The van der Waals surface area contributed by atoms with Crippen LogP contribution in [0.5, 0.6) is 0 Å². The molecule has 1 fully saturated rings. The lowest BCUT2D eigenvalue weighted by Gasteiger charge is -2.32. The smallest absolute Gasteiger partial charge is 0.0912 e. The molecule has 0 atom stereocenters. The molecular formula is C7H14FNO. The van der Waals surface area contributed by atoms with Gasteiger partial charge < -0.3 is 10.5 Å². The van der Waals surface area contributed by atoms with Crippen LogP contribution in [0.25, 0.3) is 0 Å². The Hall–Kier alpha value is -0.150. The minimum atomic E-state index is -0.309. The summed E-state index contributed by atoms with van der Waals surface area (Å²) >= 11 is 0. The number of hydrogen-bond donors (Lipinski definition) is 1. The molecule has 0 aliphatic carbocycles. The molecule has 0 spiro atoms. The number of rotatable bonds is 2. The van der Waals surface area contributed by atoms with Crippen LogP contribution in [-0.2, 0) is 4.74 Å². The average molecular weight is 147 g/mol. The van der Waals surface area contributed by atoms with Crippen molar-refractivity contribution < 1.29 is 9.13 Å². The van der Waals surface area contributed by atoms with Gasteiger partial charge in [0, 0.05) is 18.8 Å². The molecule has 0 amide bonds. The summed E-state index contributed by atoms with van der Waals surface area (Å²) in [5.74, 6) is 0. The molecule has 0 saturated carbocycles. The second-order valence-electron chi connectivity index (χ2n) is 2.91. The van der Waals surface area contributed by atoms with Gasteiger partial charge in [0.05, 0.1) is 6.67 Å². The Morgan fingerprint density at radius 3 is 2.50 bits per heavy atom. The maximum absolute atomic E-state index is 11.9. The fraction of sp³-hybridized carbons (Fsp3) is 1.00. The Morgan fingerprint density at radius 2 is 2.00 bits per heavy atom. The van der Waals surface area contributed by atoms with Gasteiger partial charge in [-0.3, -0.25) is 4.39 Å². The molecule has 60 valence electrons. The highest BCUT2D eigenvalue weighted by Gasteiger charge is 2.26. The summed E-state index contributed by atoms with van der Waals surface area (Å²) in [5, 5.41) is 0. The van der Waals surface area contributed by atoms with Crippen LogP contribution < -0.4 is 5.73 Å². The molecule has 10 heavy (non-hydrogen) atoms. The molecule has 0 aromatic carbocycles. The van der Waals surface area contributed by atoms with Gasteiger partial charge in [0.25, 0.3) is 0 Å². The molecule has 1 aliphatic rings. The van der Waals surface area contributed by atoms with Gasteiger partial charge in [0.1, 0.15) is 0 Å². The van der Waals surface area contributed by atoms with Crippen LogP contribution in [0.4, 0.5) is 4.39 Å². The van der Waals surface area contributed by atoms with E-state index in [0.29, 0.717) is 19.6 Å². The molecule has 3 heteroatoms. The SMILES string of the molecule is NC1(CCF)CCOCC1. The third kappa shape index (κ3) is 1.92. The fourth-order valence-electron chi connectivity index (χ4n) is 1.22. The minimum absolute atomic E-state index is 0.271. The largest absolute Gasteiger partial charge is 0.381 e. The van der Waals surface area contributed by atoms with E-state index in [4.69, 9.17) is 10.5 Å². The van der Waals surface area contributed by atoms with Gasteiger partial charge >= 0.3 is 0 Å². The van der Waals surface area contributed by atoms with Crippen LogP contribution >= 0.6 is 0 Å². The van der Waals surface area contributed by atoms with E-state index in [-0.39, 0.29) is 12.2 Å². The molecule has 0 radical (unpaired) electrons. The van der Waals surface area contributed by atoms with Gasteiger partial charge in [-0.15, -0.1) is 0 Å². The van der Waals surface area contributed by atoms with Crippen molar-refractivity contribution in [1.29, 1.82) is 0 Å². The van der Waals surface area contributed by atoms with Crippen molar-refractivity contribution >= 4 is 0 Å². The standard InChI is InChI=1S/C7H14FNO/c8-4-1-7(9)2-5-10-6-3-7/h1-6,9H2. The minimum Gasteiger partial charge on any atom is -0.381 e. The number of halogens is 1. The molecule has 2 nitrogen and oxygen atoms in total. The highest BCUT2D eigenvalue weighted by Crippen LogP contribution is 2.20. The van der Waals surface area contributed by atoms with Gasteiger partial charge in [0.15, 0.2) is 0 Å². The lowest BCUT2D eigenvalue weighted by Crippen LogP contribution is -2.45. The highest BCUT2D eigenvalue weighted by molar-refractivity contribution is 4.85. The first-order valence-corrected chi connectivity index (χ1v) is 3.69. The average Bonchev–Trinajstić information content (AvgIpc) is 1.89. The number of nitrogens with two attached hydrogens (primary N) is 1. The predicted octanol–water partition coefficient (Wildman–Crippen LogP) is 0.854. The number of hydrogen-bond acceptors (Lipinski definition) is 2. The zero-order valence-electron chi connectivity index (χ0n) is 6.11. The number of alkyl halides is 1. The molecule has 1 saturated heterocycles. The van der Waals surface area contributed by atoms with Crippen LogP contribution in [0.1, 0.15) is 19.3 Å². The first-order valence-electron chi connectivity index (χ1n) is 3.69. The first-order chi connectivity index (χ1) is 4.77. The molecule has 1 heterocycles. The Bertz CT molecular complexity index is 96.3. The maximum atomic E-state index is 11.9. The third-order valence-corrected chi connectivity index (χ3v) is 2.08. The zero-order chi connectivity index (χ0) is 7.45.